The van der Waals surface area contributed by atoms with Gasteiger partial charge in [-0.05, 0) is 26.0 Å². The molecule has 152 valence electrons. The van der Waals surface area contributed by atoms with Gasteiger partial charge in [0.15, 0.2) is 0 Å². The minimum atomic E-state index is 0.0481. The van der Waals surface area contributed by atoms with Crippen molar-refractivity contribution in [2.75, 3.05) is 24.6 Å². The van der Waals surface area contributed by atoms with Gasteiger partial charge in [0.25, 0.3) is 0 Å². The normalized spacial score (nSPS) is 16.9. The fourth-order valence-electron chi connectivity index (χ4n) is 4.09. The maximum Gasteiger partial charge on any atom is 0.226 e. The monoisotopic (exact) mass is 399 g/mol. The van der Waals surface area contributed by atoms with Gasteiger partial charge in [0, 0.05) is 29.7 Å². The number of aryl methyl sites for hydroxylation is 2. The highest BCUT2D eigenvalue weighted by atomic mass is 16.5. The molecule has 6 nitrogen and oxygen atoms in total. The summed E-state index contributed by atoms with van der Waals surface area (Å²) in [5.74, 6) is 0.759. The SMILES string of the molecule is Cc1cc(C)n(CC2CN(c3nc(-c4ccccc4)c4ccccc4n3)CCO2)n1. The number of anilines is 1. The third-order valence-electron chi connectivity index (χ3n) is 5.54. The second kappa shape index (κ2) is 7.88. The second-order valence-electron chi connectivity index (χ2n) is 7.80. The molecule has 3 heterocycles. The lowest BCUT2D eigenvalue weighted by Crippen LogP contribution is -2.45. The minimum absolute atomic E-state index is 0.0481. The van der Waals surface area contributed by atoms with Gasteiger partial charge in [0.1, 0.15) is 0 Å². The molecule has 1 unspecified atom stereocenters. The van der Waals surface area contributed by atoms with E-state index in [2.05, 4.69) is 47.3 Å². The lowest BCUT2D eigenvalue weighted by molar-refractivity contribution is 0.0265. The molecule has 30 heavy (non-hydrogen) atoms. The van der Waals surface area contributed by atoms with Crippen molar-refractivity contribution in [1.82, 2.24) is 19.7 Å². The molecule has 0 radical (unpaired) electrons. The summed E-state index contributed by atoms with van der Waals surface area (Å²) >= 11 is 0. The molecule has 0 aliphatic carbocycles. The minimum Gasteiger partial charge on any atom is -0.373 e. The number of para-hydroxylation sites is 1. The standard InChI is InChI=1S/C24H25N5O/c1-17-14-18(2)29(27-17)16-20-15-28(12-13-30-20)24-25-22-11-7-6-10-21(22)23(26-24)19-8-4-3-5-9-19/h3-11,14,20H,12-13,15-16H2,1-2H3. The van der Waals surface area contributed by atoms with E-state index in [1.54, 1.807) is 0 Å². The molecule has 1 atom stereocenters. The Labute approximate surface area is 176 Å². The summed E-state index contributed by atoms with van der Waals surface area (Å²) < 4.78 is 8.07. The molecule has 0 saturated carbocycles. The van der Waals surface area contributed by atoms with Gasteiger partial charge >= 0.3 is 0 Å². The van der Waals surface area contributed by atoms with Crippen LogP contribution >= 0.6 is 0 Å². The van der Waals surface area contributed by atoms with Crippen molar-refractivity contribution in [3.8, 4) is 11.3 Å². The average molecular weight is 399 g/mol. The zero-order valence-corrected chi connectivity index (χ0v) is 17.3. The highest BCUT2D eigenvalue weighted by Gasteiger charge is 2.24. The molecule has 2 aromatic heterocycles. The predicted octanol–water partition coefficient (Wildman–Crippen LogP) is 4.02. The Morgan fingerprint density at radius 3 is 2.60 bits per heavy atom. The quantitative estimate of drug-likeness (QED) is 0.519. The van der Waals surface area contributed by atoms with Crippen LogP contribution in [-0.2, 0) is 11.3 Å². The van der Waals surface area contributed by atoms with Crippen molar-refractivity contribution in [3.63, 3.8) is 0 Å². The molecular formula is C24H25N5O. The number of fused-ring (bicyclic) bond motifs is 1. The highest BCUT2D eigenvalue weighted by Crippen LogP contribution is 2.28. The third-order valence-corrected chi connectivity index (χ3v) is 5.54. The van der Waals surface area contributed by atoms with Gasteiger partial charge in [0.2, 0.25) is 5.95 Å². The van der Waals surface area contributed by atoms with Crippen molar-refractivity contribution < 1.29 is 4.74 Å². The maximum absolute atomic E-state index is 6.04. The Morgan fingerprint density at radius 2 is 1.80 bits per heavy atom. The summed E-state index contributed by atoms with van der Waals surface area (Å²) in [6.07, 6.45) is 0.0481. The van der Waals surface area contributed by atoms with Gasteiger partial charge in [-0.15, -0.1) is 0 Å². The number of morpholine rings is 1. The highest BCUT2D eigenvalue weighted by molar-refractivity contribution is 5.93. The molecule has 0 bridgehead atoms. The summed E-state index contributed by atoms with van der Waals surface area (Å²) in [6, 6.07) is 20.6. The zero-order valence-electron chi connectivity index (χ0n) is 17.3. The van der Waals surface area contributed by atoms with Crippen LogP contribution in [0.2, 0.25) is 0 Å². The van der Waals surface area contributed by atoms with Gasteiger partial charge in [0.05, 0.1) is 36.2 Å². The van der Waals surface area contributed by atoms with Gasteiger partial charge in [-0.2, -0.15) is 5.10 Å². The lowest BCUT2D eigenvalue weighted by Gasteiger charge is -2.33. The summed E-state index contributed by atoms with van der Waals surface area (Å²) in [4.78, 5) is 12.1. The number of nitrogens with zero attached hydrogens (tertiary/aromatic N) is 5. The summed E-state index contributed by atoms with van der Waals surface area (Å²) in [5.41, 5.74) is 5.22. The molecule has 6 heteroatoms. The van der Waals surface area contributed by atoms with E-state index < -0.39 is 0 Å². The predicted molar refractivity (Wildman–Crippen MR) is 119 cm³/mol. The molecular weight excluding hydrogens is 374 g/mol. The van der Waals surface area contributed by atoms with Gasteiger partial charge < -0.3 is 9.64 Å². The molecule has 5 rings (SSSR count). The number of hydrogen-bond acceptors (Lipinski definition) is 5. The van der Waals surface area contributed by atoms with Gasteiger partial charge in [-0.3, -0.25) is 4.68 Å². The Morgan fingerprint density at radius 1 is 1.00 bits per heavy atom. The largest absolute Gasteiger partial charge is 0.373 e. The fraction of sp³-hybridized carbons (Fsp3) is 0.292. The Bertz CT molecular complexity index is 1170. The first-order valence-corrected chi connectivity index (χ1v) is 10.4. The Hall–Kier alpha value is -3.25. The molecule has 1 fully saturated rings. The molecule has 0 amide bonds. The fourth-order valence-corrected chi connectivity index (χ4v) is 4.09. The third kappa shape index (κ3) is 3.66. The van der Waals surface area contributed by atoms with Crippen LogP contribution in [0.15, 0.2) is 60.7 Å². The number of benzene rings is 2. The van der Waals surface area contributed by atoms with E-state index in [1.807, 2.05) is 41.9 Å². The van der Waals surface area contributed by atoms with Crippen molar-refractivity contribution in [2.24, 2.45) is 0 Å². The number of ether oxygens (including phenoxy) is 1. The van der Waals surface area contributed by atoms with Crippen LogP contribution in [-0.4, -0.2) is 45.5 Å². The van der Waals surface area contributed by atoms with Crippen LogP contribution in [0, 0.1) is 13.8 Å². The Balaban J connectivity index is 1.47. The molecule has 1 aliphatic rings. The summed E-state index contributed by atoms with van der Waals surface area (Å²) in [6.45, 7) is 7.01. The van der Waals surface area contributed by atoms with Crippen molar-refractivity contribution in [3.05, 3.63) is 72.1 Å². The number of hydrogen-bond donors (Lipinski definition) is 0. The number of rotatable bonds is 4. The van der Waals surface area contributed by atoms with Crippen LogP contribution in [0.25, 0.3) is 22.2 Å². The smallest absolute Gasteiger partial charge is 0.226 e. The van der Waals surface area contributed by atoms with Crippen LogP contribution in [0.3, 0.4) is 0 Å². The molecule has 2 aromatic carbocycles. The summed E-state index contributed by atoms with van der Waals surface area (Å²) in [7, 11) is 0. The van der Waals surface area contributed by atoms with E-state index in [-0.39, 0.29) is 6.10 Å². The molecule has 1 aliphatic heterocycles. The van der Waals surface area contributed by atoms with Crippen LogP contribution in [0.4, 0.5) is 5.95 Å². The zero-order chi connectivity index (χ0) is 20.5. The van der Waals surface area contributed by atoms with E-state index in [0.29, 0.717) is 6.61 Å². The Kier molecular flexibility index (Phi) is 4.93. The van der Waals surface area contributed by atoms with Crippen LogP contribution < -0.4 is 4.90 Å². The topological polar surface area (TPSA) is 56.1 Å². The molecule has 4 aromatic rings. The lowest BCUT2D eigenvalue weighted by atomic mass is 10.1. The second-order valence-corrected chi connectivity index (χ2v) is 7.80. The van der Waals surface area contributed by atoms with Crippen molar-refractivity contribution in [2.45, 2.75) is 26.5 Å². The van der Waals surface area contributed by atoms with Crippen LogP contribution in [0.5, 0.6) is 0 Å². The first-order chi connectivity index (χ1) is 14.7. The van der Waals surface area contributed by atoms with E-state index in [4.69, 9.17) is 14.7 Å². The average Bonchev–Trinajstić information content (AvgIpc) is 3.10. The van der Waals surface area contributed by atoms with Gasteiger partial charge in [-0.1, -0.05) is 48.5 Å². The van der Waals surface area contributed by atoms with Gasteiger partial charge in [-0.25, -0.2) is 9.97 Å². The van der Waals surface area contributed by atoms with Crippen molar-refractivity contribution in [1.29, 1.82) is 0 Å². The van der Waals surface area contributed by atoms with E-state index in [0.717, 1.165) is 59.1 Å². The first-order valence-electron chi connectivity index (χ1n) is 10.4. The maximum atomic E-state index is 6.04. The van der Waals surface area contributed by atoms with E-state index >= 15 is 0 Å². The van der Waals surface area contributed by atoms with E-state index in [9.17, 15) is 0 Å². The molecule has 0 N–H and O–H groups in total. The van der Waals surface area contributed by atoms with Crippen molar-refractivity contribution >= 4 is 16.9 Å². The van der Waals surface area contributed by atoms with Crippen LogP contribution in [0.1, 0.15) is 11.4 Å². The van der Waals surface area contributed by atoms with E-state index in [1.165, 1.54) is 0 Å². The molecule has 1 saturated heterocycles. The summed E-state index contributed by atoms with van der Waals surface area (Å²) in [5, 5.41) is 5.65. The number of aromatic nitrogens is 4. The molecule has 0 spiro atoms. The first kappa shape index (κ1) is 18.8.